The van der Waals surface area contributed by atoms with E-state index in [1.54, 1.807) is 10.7 Å². The highest BCUT2D eigenvalue weighted by atomic mass is 16.4. The number of aromatic nitrogens is 3. The van der Waals surface area contributed by atoms with Crippen LogP contribution in [-0.2, 0) is 6.42 Å². The molecule has 0 aliphatic heterocycles. The third-order valence-corrected chi connectivity index (χ3v) is 3.70. The minimum absolute atomic E-state index is 0.269. The van der Waals surface area contributed by atoms with Crippen molar-refractivity contribution >= 4 is 23.0 Å². The van der Waals surface area contributed by atoms with E-state index in [1.165, 1.54) is 6.33 Å². The van der Waals surface area contributed by atoms with Gasteiger partial charge < -0.3 is 10.0 Å². The van der Waals surface area contributed by atoms with Crippen LogP contribution in [0.3, 0.4) is 0 Å². The Labute approximate surface area is 127 Å². The molecular weight excluding hydrogens is 280 g/mol. The molecule has 1 aromatic carbocycles. The summed E-state index contributed by atoms with van der Waals surface area (Å²) >= 11 is 0. The predicted molar refractivity (Wildman–Crippen MR) is 83.8 cm³/mol. The van der Waals surface area contributed by atoms with Crippen molar-refractivity contribution in [1.82, 2.24) is 14.6 Å². The topological polar surface area (TPSA) is 70.7 Å². The summed E-state index contributed by atoms with van der Waals surface area (Å²) in [5, 5.41) is 13.5. The van der Waals surface area contributed by atoms with E-state index < -0.39 is 5.97 Å². The maximum atomic E-state index is 11.4. The van der Waals surface area contributed by atoms with Gasteiger partial charge in [0.15, 0.2) is 5.82 Å². The normalized spacial score (nSPS) is 10.8. The number of carboxylic acids is 1. The SMILES string of the molecule is CCc1c(C(=O)O)cn2ncnc(N(C)c3ccccc3)c12. The molecule has 1 N–H and O–H groups in total. The lowest BCUT2D eigenvalue weighted by Gasteiger charge is -2.19. The lowest BCUT2D eigenvalue weighted by Crippen LogP contribution is -2.13. The van der Waals surface area contributed by atoms with Gasteiger partial charge in [-0.3, -0.25) is 0 Å². The second kappa shape index (κ2) is 5.48. The number of hydrogen-bond acceptors (Lipinski definition) is 4. The van der Waals surface area contributed by atoms with Crippen LogP contribution in [0.1, 0.15) is 22.8 Å². The van der Waals surface area contributed by atoms with Crippen molar-refractivity contribution in [2.24, 2.45) is 0 Å². The second-order valence-corrected chi connectivity index (χ2v) is 4.95. The number of aromatic carboxylic acids is 1. The number of nitrogens with zero attached hydrogens (tertiary/aromatic N) is 4. The first-order valence-corrected chi connectivity index (χ1v) is 7.00. The molecule has 0 fully saturated rings. The molecule has 0 amide bonds. The lowest BCUT2D eigenvalue weighted by molar-refractivity contribution is 0.0696. The fourth-order valence-corrected chi connectivity index (χ4v) is 2.62. The summed E-state index contributed by atoms with van der Waals surface area (Å²) in [6.45, 7) is 1.93. The Kier molecular flexibility index (Phi) is 3.50. The zero-order chi connectivity index (χ0) is 15.7. The van der Waals surface area contributed by atoms with Crippen LogP contribution in [-0.4, -0.2) is 32.7 Å². The summed E-state index contributed by atoms with van der Waals surface area (Å²) in [6.07, 6.45) is 3.58. The van der Waals surface area contributed by atoms with E-state index in [1.807, 2.05) is 49.2 Å². The molecule has 0 aliphatic carbocycles. The van der Waals surface area contributed by atoms with Gasteiger partial charge in [0.1, 0.15) is 11.8 Å². The Balaban J connectivity index is 2.24. The lowest BCUT2D eigenvalue weighted by atomic mass is 10.1. The van der Waals surface area contributed by atoms with Gasteiger partial charge in [0.25, 0.3) is 0 Å². The fraction of sp³-hybridized carbons (Fsp3) is 0.188. The molecule has 0 spiro atoms. The van der Waals surface area contributed by atoms with Crippen molar-refractivity contribution in [3.63, 3.8) is 0 Å². The van der Waals surface area contributed by atoms with Crippen molar-refractivity contribution in [2.45, 2.75) is 13.3 Å². The quantitative estimate of drug-likeness (QED) is 0.801. The van der Waals surface area contributed by atoms with E-state index in [2.05, 4.69) is 10.1 Å². The molecule has 0 radical (unpaired) electrons. The number of carbonyl (C=O) groups is 1. The number of fused-ring (bicyclic) bond motifs is 1. The molecule has 6 heteroatoms. The van der Waals surface area contributed by atoms with Gasteiger partial charge in [-0.05, 0) is 24.1 Å². The monoisotopic (exact) mass is 296 g/mol. The Morgan fingerprint density at radius 3 is 2.68 bits per heavy atom. The van der Waals surface area contributed by atoms with Crippen molar-refractivity contribution in [1.29, 1.82) is 0 Å². The van der Waals surface area contributed by atoms with Gasteiger partial charge in [-0.2, -0.15) is 5.10 Å². The number of rotatable bonds is 4. The van der Waals surface area contributed by atoms with Crippen molar-refractivity contribution < 1.29 is 9.90 Å². The largest absolute Gasteiger partial charge is 0.478 e. The number of anilines is 2. The number of hydrogen-bond donors (Lipinski definition) is 1. The summed E-state index contributed by atoms with van der Waals surface area (Å²) in [5.41, 5.74) is 2.72. The van der Waals surface area contributed by atoms with Crippen molar-refractivity contribution in [2.75, 3.05) is 11.9 Å². The van der Waals surface area contributed by atoms with Crippen LogP contribution < -0.4 is 4.90 Å². The van der Waals surface area contributed by atoms with Gasteiger partial charge in [-0.1, -0.05) is 25.1 Å². The van der Waals surface area contributed by atoms with Crippen LogP contribution in [0.15, 0.2) is 42.9 Å². The molecule has 2 aromatic heterocycles. The summed E-state index contributed by atoms with van der Waals surface area (Å²) in [5.74, 6) is -0.263. The third-order valence-electron chi connectivity index (χ3n) is 3.70. The number of para-hydroxylation sites is 1. The number of carboxylic acid groups (broad SMARTS) is 1. The first kappa shape index (κ1) is 14.1. The van der Waals surface area contributed by atoms with Crippen molar-refractivity contribution in [3.05, 3.63) is 54.0 Å². The van der Waals surface area contributed by atoms with Crippen LogP contribution in [0, 0.1) is 0 Å². The summed E-state index contributed by atoms with van der Waals surface area (Å²) in [7, 11) is 1.91. The molecule has 2 heterocycles. The van der Waals surface area contributed by atoms with Crippen LogP contribution in [0.4, 0.5) is 11.5 Å². The van der Waals surface area contributed by atoms with Crippen LogP contribution >= 0.6 is 0 Å². The highest BCUT2D eigenvalue weighted by Gasteiger charge is 2.20. The standard InChI is InChI=1S/C16H16N4O2/c1-3-12-13(16(21)22)9-20-14(12)15(17-10-18-20)19(2)11-7-5-4-6-8-11/h4-10H,3H2,1-2H3,(H,21,22). The smallest absolute Gasteiger partial charge is 0.337 e. The molecule has 0 saturated heterocycles. The van der Waals surface area contributed by atoms with Gasteiger partial charge in [-0.15, -0.1) is 0 Å². The molecule has 0 unspecified atom stereocenters. The molecule has 6 nitrogen and oxygen atoms in total. The second-order valence-electron chi connectivity index (χ2n) is 4.95. The Morgan fingerprint density at radius 1 is 1.32 bits per heavy atom. The van der Waals surface area contributed by atoms with Gasteiger partial charge >= 0.3 is 5.97 Å². The third kappa shape index (κ3) is 2.18. The molecule has 22 heavy (non-hydrogen) atoms. The zero-order valence-corrected chi connectivity index (χ0v) is 12.4. The molecule has 0 aliphatic rings. The fourth-order valence-electron chi connectivity index (χ4n) is 2.62. The van der Waals surface area contributed by atoms with Gasteiger partial charge in [0, 0.05) is 18.9 Å². The Bertz CT molecular complexity index is 827. The van der Waals surface area contributed by atoms with Crippen LogP contribution in [0.5, 0.6) is 0 Å². The first-order chi connectivity index (χ1) is 10.6. The van der Waals surface area contributed by atoms with Gasteiger partial charge in [0.2, 0.25) is 0 Å². The van der Waals surface area contributed by atoms with Crippen molar-refractivity contribution in [3.8, 4) is 0 Å². The maximum absolute atomic E-state index is 11.4. The highest BCUT2D eigenvalue weighted by molar-refractivity contribution is 5.94. The van der Waals surface area contributed by atoms with E-state index in [0.29, 0.717) is 12.2 Å². The van der Waals surface area contributed by atoms with E-state index in [4.69, 9.17) is 0 Å². The molecule has 0 atom stereocenters. The van der Waals surface area contributed by atoms with E-state index >= 15 is 0 Å². The molecule has 3 rings (SSSR count). The molecule has 3 aromatic rings. The average molecular weight is 296 g/mol. The highest BCUT2D eigenvalue weighted by Crippen LogP contribution is 2.29. The predicted octanol–water partition coefficient (Wildman–Crippen LogP) is 2.76. The Morgan fingerprint density at radius 2 is 2.05 bits per heavy atom. The molecule has 0 saturated carbocycles. The summed E-state index contributed by atoms with van der Waals surface area (Å²) < 4.78 is 1.59. The van der Waals surface area contributed by atoms with E-state index in [9.17, 15) is 9.90 Å². The minimum atomic E-state index is -0.948. The maximum Gasteiger partial charge on any atom is 0.337 e. The minimum Gasteiger partial charge on any atom is -0.478 e. The number of benzene rings is 1. The van der Waals surface area contributed by atoms with E-state index in [-0.39, 0.29) is 5.56 Å². The van der Waals surface area contributed by atoms with Crippen LogP contribution in [0.25, 0.3) is 5.52 Å². The number of aryl methyl sites for hydroxylation is 1. The summed E-state index contributed by atoms with van der Waals surface area (Å²) in [6, 6.07) is 9.80. The van der Waals surface area contributed by atoms with Gasteiger partial charge in [-0.25, -0.2) is 14.3 Å². The molecular formula is C16H16N4O2. The van der Waals surface area contributed by atoms with E-state index in [0.717, 1.165) is 16.8 Å². The Hall–Kier alpha value is -2.89. The summed E-state index contributed by atoms with van der Waals surface area (Å²) in [4.78, 5) is 17.7. The molecule has 0 bridgehead atoms. The average Bonchev–Trinajstić information content (AvgIpc) is 2.94. The zero-order valence-electron chi connectivity index (χ0n) is 12.4. The first-order valence-electron chi connectivity index (χ1n) is 7.00. The van der Waals surface area contributed by atoms with Crippen LogP contribution in [0.2, 0.25) is 0 Å². The molecule has 112 valence electrons. The van der Waals surface area contributed by atoms with Gasteiger partial charge in [0.05, 0.1) is 5.56 Å².